The molecule has 8 nitrogen and oxygen atoms in total. The number of anilines is 4. The maximum Gasteiger partial charge on any atom is 0.233 e. The minimum Gasteiger partial charge on any atom is -0.494 e. The van der Waals surface area contributed by atoms with E-state index in [9.17, 15) is 4.39 Å². The van der Waals surface area contributed by atoms with Crippen LogP contribution >= 0.6 is 0 Å². The third kappa shape index (κ3) is 3.99. The molecule has 0 unspecified atom stereocenters. The van der Waals surface area contributed by atoms with Crippen LogP contribution < -0.4 is 21.1 Å². The highest BCUT2D eigenvalue weighted by molar-refractivity contribution is 5.56. The number of halogens is 1. The molecule has 1 saturated heterocycles. The molecule has 1 aliphatic heterocycles. The number of nitrogen functional groups attached to an aromatic ring is 1. The fourth-order valence-corrected chi connectivity index (χ4v) is 2.41. The number of aromatic nitrogens is 3. The monoisotopic (exact) mass is 334 g/mol. The molecule has 0 radical (unpaired) electrons. The molecule has 128 valence electrons. The Morgan fingerprint density at radius 1 is 1.21 bits per heavy atom. The Labute approximate surface area is 138 Å². The van der Waals surface area contributed by atoms with Gasteiger partial charge in [-0.1, -0.05) is 0 Å². The summed E-state index contributed by atoms with van der Waals surface area (Å²) in [4.78, 5) is 12.4. The fourth-order valence-electron chi connectivity index (χ4n) is 2.41. The average Bonchev–Trinajstić information content (AvgIpc) is 2.55. The molecular formula is C15H19FN6O2. The first-order valence-corrected chi connectivity index (χ1v) is 7.60. The molecule has 0 atom stereocenters. The summed E-state index contributed by atoms with van der Waals surface area (Å²) in [7, 11) is 1.41. The molecule has 1 aromatic heterocycles. The third-order valence-electron chi connectivity index (χ3n) is 3.62. The molecule has 2 heterocycles. The molecule has 0 aliphatic carbocycles. The molecule has 0 bridgehead atoms. The number of hydrogen-bond acceptors (Lipinski definition) is 8. The van der Waals surface area contributed by atoms with E-state index in [2.05, 4.69) is 25.6 Å². The lowest BCUT2D eigenvalue weighted by Crippen LogP contribution is -2.29. The van der Waals surface area contributed by atoms with Crippen LogP contribution in [0.15, 0.2) is 18.2 Å². The van der Waals surface area contributed by atoms with Crippen LogP contribution in [0.5, 0.6) is 5.75 Å². The number of rotatable bonds is 5. The van der Waals surface area contributed by atoms with Gasteiger partial charge in [0.25, 0.3) is 0 Å². The van der Waals surface area contributed by atoms with Crippen molar-refractivity contribution in [2.75, 3.05) is 36.7 Å². The largest absolute Gasteiger partial charge is 0.494 e. The van der Waals surface area contributed by atoms with Crippen molar-refractivity contribution in [1.29, 1.82) is 0 Å². The highest BCUT2D eigenvalue weighted by Crippen LogP contribution is 2.23. The predicted molar refractivity (Wildman–Crippen MR) is 87.9 cm³/mol. The van der Waals surface area contributed by atoms with Gasteiger partial charge in [-0.25, -0.2) is 4.39 Å². The Morgan fingerprint density at radius 3 is 2.67 bits per heavy atom. The molecular weight excluding hydrogens is 315 g/mol. The van der Waals surface area contributed by atoms with E-state index >= 15 is 0 Å². The van der Waals surface area contributed by atoms with E-state index in [0.717, 1.165) is 12.8 Å². The fraction of sp³-hybridized carbons (Fsp3) is 0.400. The summed E-state index contributed by atoms with van der Waals surface area (Å²) in [5.41, 5.74) is 6.22. The van der Waals surface area contributed by atoms with E-state index in [1.165, 1.54) is 19.2 Å². The van der Waals surface area contributed by atoms with Crippen molar-refractivity contribution in [3.05, 3.63) is 24.0 Å². The molecule has 24 heavy (non-hydrogen) atoms. The quantitative estimate of drug-likeness (QED) is 0.761. The highest BCUT2D eigenvalue weighted by Gasteiger charge is 2.15. The summed E-state index contributed by atoms with van der Waals surface area (Å²) >= 11 is 0. The van der Waals surface area contributed by atoms with E-state index < -0.39 is 5.82 Å². The topological polar surface area (TPSA) is 107 Å². The third-order valence-corrected chi connectivity index (χ3v) is 3.62. The zero-order chi connectivity index (χ0) is 16.9. The molecule has 9 heteroatoms. The van der Waals surface area contributed by atoms with Gasteiger partial charge in [-0.2, -0.15) is 15.0 Å². The molecule has 4 N–H and O–H groups in total. The van der Waals surface area contributed by atoms with Crippen molar-refractivity contribution < 1.29 is 13.9 Å². The van der Waals surface area contributed by atoms with Gasteiger partial charge < -0.3 is 25.8 Å². The number of nitrogens with zero attached hydrogens (tertiary/aromatic N) is 3. The Morgan fingerprint density at radius 2 is 1.96 bits per heavy atom. The van der Waals surface area contributed by atoms with Gasteiger partial charge in [0.1, 0.15) is 0 Å². The minimum atomic E-state index is -0.481. The molecule has 3 rings (SSSR count). The van der Waals surface area contributed by atoms with E-state index in [0.29, 0.717) is 24.8 Å². The zero-order valence-electron chi connectivity index (χ0n) is 13.3. The van der Waals surface area contributed by atoms with Gasteiger partial charge in [0, 0.05) is 31.0 Å². The second kappa shape index (κ2) is 7.26. The van der Waals surface area contributed by atoms with Crippen LogP contribution in [0.2, 0.25) is 0 Å². The van der Waals surface area contributed by atoms with Gasteiger partial charge in [-0.15, -0.1) is 0 Å². The maximum absolute atomic E-state index is 13.8. The first-order valence-electron chi connectivity index (χ1n) is 7.60. The first-order chi connectivity index (χ1) is 11.6. The Bertz CT molecular complexity index is 708. The van der Waals surface area contributed by atoms with Crippen LogP contribution in [0.4, 0.5) is 27.9 Å². The van der Waals surface area contributed by atoms with Gasteiger partial charge in [0.2, 0.25) is 17.8 Å². The van der Waals surface area contributed by atoms with E-state index in [-0.39, 0.29) is 23.7 Å². The summed E-state index contributed by atoms with van der Waals surface area (Å²) in [6.45, 7) is 1.41. The van der Waals surface area contributed by atoms with Gasteiger partial charge in [0.15, 0.2) is 11.6 Å². The summed E-state index contributed by atoms with van der Waals surface area (Å²) in [5.74, 6) is 0.381. The number of methoxy groups -OCH3 is 1. The van der Waals surface area contributed by atoms with Crippen molar-refractivity contribution >= 4 is 23.5 Å². The van der Waals surface area contributed by atoms with Crippen LogP contribution in [-0.2, 0) is 4.74 Å². The predicted octanol–water partition coefficient (Wildman–Crippen LogP) is 1.94. The normalized spacial score (nSPS) is 15.1. The van der Waals surface area contributed by atoms with Crippen molar-refractivity contribution in [2.24, 2.45) is 0 Å². The van der Waals surface area contributed by atoms with E-state index in [4.69, 9.17) is 15.2 Å². The van der Waals surface area contributed by atoms with E-state index in [1.54, 1.807) is 6.07 Å². The van der Waals surface area contributed by atoms with Crippen LogP contribution in [-0.4, -0.2) is 41.3 Å². The van der Waals surface area contributed by atoms with Crippen LogP contribution in [0.25, 0.3) is 0 Å². The van der Waals surface area contributed by atoms with Gasteiger partial charge >= 0.3 is 0 Å². The lowest BCUT2D eigenvalue weighted by molar-refractivity contribution is 0.0903. The average molecular weight is 334 g/mol. The SMILES string of the molecule is COc1ccc(Nc2nc(N)nc(NC3CCOCC3)n2)cc1F. The summed E-state index contributed by atoms with van der Waals surface area (Å²) in [6, 6.07) is 4.70. The van der Waals surface area contributed by atoms with Crippen LogP contribution in [0, 0.1) is 5.82 Å². The highest BCUT2D eigenvalue weighted by atomic mass is 19.1. The Hall–Kier alpha value is -2.68. The molecule has 0 spiro atoms. The molecule has 1 fully saturated rings. The lowest BCUT2D eigenvalue weighted by atomic mass is 10.1. The number of hydrogen-bond donors (Lipinski definition) is 3. The Balaban J connectivity index is 1.74. The number of ether oxygens (including phenoxy) is 2. The Kier molecular flexibility index (Phi) is 4.90. The number of nitrogens with two attached hydrogens (primary N) is 1. The van der Waals surface area contributed by atoms with Crippen molar-refractivity contribution in [2.45, 2.75) is 18.9 Å². The lowest BCUT2D eigenvalue weighted by Gasteiger charge is -2.23. The smallest absolute Gasteiger partial charge is 0.233 e. The van der Waals surface area contributed by atoms with Crippen molar-refractivity contribution in [3.63, 3.8) is 0 Å². The second-order valence-electron chi connectivity index (χ2n) is 5.35. The first kappa shape index (κ1) is 16.2. The maximum atomic E-state index is 13.8. The number of nitrogens with one attached hydrogen (secondary N) is 2. The van der Waals surface area contributed by atoms with Crippen molar-refractivity contribution in [3.8, 4) is 5.75 Å². The van der Waals surface area contributed by atoms with E-state index in [1.807, 2.05) is 0 Å². The van der Waals surface area contributed by atoms with Crippen molar-refractivity contribution in [1.82, 2.24) is 15.0 Å². The number of benzene rings is 1. The van der Waals surface area contributed by atoms with Gasteiger partial charge in [-0.05, 0) is 25.0 Å². The summed E-state index contributed by atoms with van der Waals surface area (Å²) < 4.78 is 24.0. The summed E-state index contributed by atoms with van der Waals surface area (Å²) in [5, 5.41) is 6.13. The van der Waals surface area contributed by atoms with Gasteiger partial charge in [0.05, 0.1) is 7.11 Å². The zero-order valence-corrected chi connectivity index (χ0v) is 13.3. The van der Waals surface area contributed by atoms with Crippen LogP contribution in [0.1, 0.15) is 12.8 Å². The molecule has 0 amide bonds. The molecule has 1 aliphatic rings. The molecule has 2 aromatic rings. The minimum absolute atomic E-state index is 0.0797. The van der Waals surface area contributed by atoms with Crippen LogP contribution in [0.3, 0.4) is 0 Å². The van der Waals surface area contributed by atoms with Gasteiger partial charge in [-0.3, -0.25) is 0 Å². The second-order valence-corrected chi connectivity index (χ2v) is 5.35. The molecule has 1 aromatic carbocycles. The molecule has 0 saturated carbocycles. The standard InChI is InChI=1S/C15H19FN6O2/c1-23-12-3-2-10(8-11(12)16)19-15-21-13(17)20-14(22-15)18-9-4-6-24-7-5-9/h2-3,8-9H,4-7H2,1H3,(H4,17,18,19,20,21,22). The summed E-state index contributed by atoms with van der Waals surface area (Å²) in [6.07, 6.45) is 1.75.